The lowest BCUT2D eigenvalue weighted by atomic mass is 9.90. The fraction of sp³-hybridized carbons (Fsp3) is 0.583. The van der Waals surface area contributed by atoms with Crippen LogP contribution >= 0.6 is 0 Å². The summed E-state index contributed by atoms with van der Waals surface area (Å²) in [6.45, 7) is 4.70. The van der Waals surface area contributed by atoms with E-state index in [1.54, 1.807) is 7.11 Å². The first kappa shape index (κ1) is 15.9. The van der Waals surface area contributed by atoms with Crippen molar-refractivity contribution in [3.8, 4) is 0 Å². The van der Waals surface area contributed by atoms with E-state index in [0.29, 0.717) is 12.9 Å². The van der Waals surface area contributed by atoms with Crippen LogP contribution in [0.4, 0.5) is 0 Å². The zero-order valence-electron chi connectivity index (χ0n) is 11.3. The Balaban J connectivity index is 2.67. The molecule has 0 saturated carbocycles. The number of ether oxygens (including phenoxy) is 1. The molecule has 0 atom stereocenters. The van der Waals surface area contributed by atoms with Crippen LogP contribution in [0.1, 0.15) is 30.8 Å². The van der Waals surface area contributed by atoms with Crippen LogP contribution in [0.15, 0.2) is 21.6 Å². The summed E-state index contributed by atoms with van der Waals surface area (Å²) in [5.41, 5.74) is -0.233. The van der Waals surface area contributed by atoms with E-state index in [2.05, 4.69) is 4.72 Å². The number of hydrogen-bond donors (Lipinski definition) is 1. The molecule has 0 unspecified atom stereocenters. The zero-order valence-corrected chi connectivity index (χ0v) is 12.1. The van der Waals surface area contributed by atoms with Crippen molar-refractivity contribution in [1.82, 2.24) is 4.72 Å². The second-order valence-corrected chi connectivity index (χ2v) is 6.70. The average Bonchev–Trinajstić information content (AvgIpc) is 2.84. The Morgan fingerprint density at radius 1 is 1.42 bits per heavy atom. The summed E-state index contributed by atoms with van der Waals surface area (Å²) in [6, 6.07) is 2.58. The summed E-state index contributed by atoms with van der Waals surface area (Å²) in [5, 5.41) is -0.253. The van der Waals surface area contributed by atoms with Crippen molar-refractivity contribution < 1.29 is 22.4 Å². The van der Waals surface area contributed by atoms with Crippen LogP contribution < -0.4 is 4.72 Å². The predicted octanol–water partition coefficient (Wildman–Crippen LogP) is 1.43. The van der Waals surface area contributed by atoms with E-state index in [4.69, 9.17) is 9.15 Å². The number of sulfonamides is 1. The largest absolute Gasteiger partial charge is 0.440 e. The van der Waals surface area contributed by atoms with Gasteiger partial charge >= 0.3 is 0 Å². The lowest BCUT2D eigenvalue weighted by Gasteiger charge is -2.24. The van der Waals surface area contributed by atoms with Gasteiger partial charge in [-0.25, -0.2) is 13.1 Å². The number of furan rings is 1. The molecule has 0 fully saturated rings. The van der Waals surface area contributed by atoms with Gasteiger partial charge in [0.25, 0.3) is 10.0 Å². The second kappa shape index (κ2) is 6.31. The third-order valence-electron chi connectivity index (χ3n) is 2.71. The molecule has 1 aromatic heterocycles. The lowest BCUT2D eigenvalue weighted by Crippen LogP contribution is -2.34. The Bertz CT molecular complexity index is 518. The normalized spacial score (nSPS) is 12.6. The molecule has 0 aliphatic carbocycles. The Labute approximate surface area is 113 Å². The van der Waals surface area contributed by atoms with Crippen LogP contribution in [0.25, 0.3) is 0 Å². The summed E-state index contributed by atoms with van der Waals surface area (Å²) < 4.78 is 36.2. The number of nitrogens with one attached hydrogen (secondary N) is 1. The highest BCUT2D eigenvalue weighted by atomic mass is 32.2. The zero-order chi connectivity index (χ0) is 14.5. The van der Waals surface area contributed by atoms with Gasteiger partial charge < -0.3 is 9.15 Å². The summed E-state index contributed by atoms with van der Waals surface area (Å²) in [4.78, 5) is 10.5. The van der Waals surface area contributed by atoms with E-state index in [9.17, 15) is 13.2 Å². The highest BCUT2D eigenvalue weighted by Gasteiger charge is 2.24. The van der Waals surface area contributed by atoms with Crippen molar-refractivity contribution in [2.24, 2.45) is 5.41 Å². The molecule has 1 aromatic rings. The second-order valence-electron chi connectivity index (χ2n) is 5.01. The number of carbonyl (C=O) groups is 1. The van der Waals surface area contributed by atoms with Gasteiger partial charge in [0, 0.05) is 20.3 Å². The van der Waals surface area contributed by atoms with E-state index < -0.39 is 10.0 Å². The third kappa shape index (κ3) is 4.77. The van der Waals surface area contributed by atoms with Gasteiger partial charge in [-0.3, -0.25) is 4.79 Å². The van der Waals surface area contributed by atoms with Crippen LogP contribution in [0.2, 0.25) is 0 Å². The molecule has 0 aliphatic rings. The molecule has 1 heterocycles. The topological polar surface area (TPSA) is 85.6 Å². The van der Waals surface area contributed by atoms with Crippen molar-refractivity contribution >= 4 is 16.3 Å². The van der Waals surface area contributed by atoms with E-state index in [0.717, 1.165) is 6.42 Å². The first-order valence-corrected chi connectivity index (χ1v) is 7.33. The van der Waals surface area contributed by atoms with Crippen LogP contribution in [0.5, 0.6) is 0 Å². The van der Waals surface area contributed by atoms with Crippen molar-refractivity contribution in [2.45, 2.75) is 25.4 Å². The highest BCUT2D eigenvalue weighted by molar-refractivity contribution is 7.89. The van der Waals surface area contributed by atoms with E-state index >= 15 is 0 Å². The minimum absolute atomic E-state index is 0.0148. The van der Waals surface area contributed by atoms with Crippen LogP contribution in [-0.2, 0) is 14.8 Å². The molecule has 108 valence electrons. The van der Waals surface area contributed by atoms with Crippen molar-refractivity contribution in [3.63, 3.8) is 0 Å². The molecule has 0 aliphatic heterocycles. The smallest absolute Gasteiger partial charge is 0.273 e. The maximum atomic E-state index is 11.9. The number of aldehydes is 1. The molecule has 0 radical (unpaired) electrons. The molecule has 0 bridgehead atoms. The van der Waals surface area contributed by atoms with Crippen molar-refractivity contribution in [1.29, 1.82) is 0 Å². The van der Waals surface area contributed by atoms with Crippen LogP contribution in [0.3, 0.4) is 0 Å². The van der Waals surface area contributed by atoms with Gasteiger partial charge in [0.1, 0.15) is 0 Å². The lowest BCUT2D eigenvalue weighted by molar-refractivity contribution is 0.109. The molecule has 0 amide bonds. The Morgan fingerprint density at radius 3 is 2.63 bits per heavy atom. The Hall–Kier alpha value is -1.18. The number of carbonyl (C=O) groups excluding carboxylic acids is 1. The monoisotopic (exact) mass is 289 g/mol. The average molecular weight is 289 g/mol. The summed E-state index contributed by atoms with van der Waals surface area (Å²) in [7, 11) is -2.12. The number of hydrogen-bond acceptors (Lipinski definition) is 5. The maximum absolute atomic E-state index is 11.9. The molecule has 19 heavy (non-hydrogen) atoms. The van der Waals surface area contributed by atoms with Gasteiger partial charge in [-0.05, 0) is 24.0 Å². The van der Waals surface area contributed by atoms with Gasteiger partial charge in [-0.2, -0.15) is 0 Å². The maximum Gasteiger partial charge on any atom is 0.273 e. The minimum atomic E-state index is -3.72. The van der Waals surface area contributed by atoms with Gasteiger partial charge in [0.15, 0.2) is 12.0 Å². The van der Waals surface area contributed by atoms with Gasteiger partial charge in [-0.1, -0.05) is 13.8 Å². The van der Waals surface area contributed by atoms with Crippen LogP contribution in [-0.4, -0.2) is 35.0 Å². The fourth-order valence-corrected chi connectivity index (χ4v) is 2.55. The molecular weight excluding hydrogens is 270 g/mol. The van der Waals surface area contributed by atoms with Crippen molar-refractivity contribution in [2.75, 3.05) is 20.3 Å². The molecule has 0 saturated heterocycles. The van der Waals surface area contributed by atoms with E-state index in [-0.39, 0.29) is 22.8 Å². The predicted molar refractivity (Wildman–Crippen MR) is 69.6 cm³/mol. The summed E-state index contributed by atoms with van der Waals surface area (Å²) >= 11 is 0. The molecule has 1 N–H and O–H groups in total. The van der Waals surface area contributed by atoms with Crippen LogP contribution in [0, 0.1) is 5.41 Å². The molecule has 1 rings (SSSR count). The molecule has 0 aromatic carbocycles. The first-order chi connectivity index (χ1) is 8.80. The van der Waals surface area contributed by atoms with Gasteiger partial charge in [0.05, 0.1) is 0 Å². The van der Waals surface area contributed by atoms with Gasteiger partial charge in [0.2, 0.25) is 5.09 Å². The summed E-state index contributed by atoms with van der Waals surface area (Å²) in [6.07, 6.45) is 1.19. The van der Waals surface area contributed by atoms with E-state index in [1.165, 1.54) is 12.1 Å². The fourth-order valence-electron chi connectivity index (χ4n) is 1.37. The summed E-state index contributed by atoms with van der Waals surface area (Å²) in [5.74, 6) is -0.0148. The molecule has 0 spiro atoms. The molecular formula is C12H19NO5S. The van der Waals surface area contributed by atoms with Gasteiger partial charge in [-0.15, -0.1) is 0 Å². The minimum Gasteiger partial charge on any atom is -0.440 e. The SMILES string of the molecule is COCCC(C)(C)CNS(=O)(=O)c1ccc(C=O)o1. The third-order valence-corrected chi connectivity index (χ3v) is 3.98. The standard InChI is InChI=1S/C12H19NO5S/c1-12(2,6-7-17-3)9-13-19(15,16)11-5-4-10(8-14)18-11/h4-5,8,13H,6-7,9H2,1-3H3. The Kier molecular flexibility index (Phi) is 5.28. The first-order valence-electron chi connectivity index (χ1n) is 5.84. The van der Waals surface area contributed by atoms with E-state index in [1.807, 2.05) is 13.8 Å². The number of methoxy groups -OCH3 is 1. The highest BCUT2D eigenvalue weighted by Crippen LogP contribution is 2.20. The van der Waals surface area contributed by atoms with Crippen molar-refractivity contribution in [3.05, 3.63) is 17.9 Å². The number of rotatable bonds is 8. The molecule has 6 nitrogen and oxygen atoms in total. The Morgan fingerprint density at radius 2 is 2.11 bits per heavy atom. The quantitative estimate of drug-likeness (QED) is 0.732. The molecule has 7 heteroatoms.